The third-order valence-corrected chi connectivity index (χ3v) is 10.9. The highest BCUT2D eigenvalue weighted by Crippen LogP contribution is 2.66. The molecule has 4 rings (SSSR count). The Bertz CT molecular complexity index is 784. The number of hydrogen-bond donors (Lipinski definition) is 1. The Morgan fingerprint density at radius 3 is 2.66 bits per heavy atom. The summed E-state index contributed by atoms with van der Waals surface area (Å²) in [5.74, 6) is 1.67. The van der Waals surface area contributed by atoms with Crippen LogP contribution in [0.4, 0.5) is 13.2 Å². The summed E-state index contributed by atoms with van der Waals surface area (Å²) in [4.78, 5) is 23.5. The highest BCUT2D eigenvalue weighted by Gasteiger charge is 2.60. The van der Waals surface area contributed by atoms with E-state index in [1.165, 1.54) is 5.57 Å². The summed E-state index contributed by atoms with van der Waals surface area (Å²) in [5, 5.41) is 2.46. The fourth-order valence-electron chi connectivity index (χ4n) is 7.76. The normalized spacial score (nSPS) is 41.6. The number of amides is 1. The van der Waals surface area contributed by atoms with Crippen LogP contribution in [0.2, 0.25) is 0 Å². The van der Waals surface area contributed by atoms with Gasteiger partial charge >= 0.3 is 12.1 Å². The summed E-state index contributed by atoms with van der Waals surface area (Å²) in [6.07, 6.45) is 4.18. The van der Waals surface area contributed by atoms with E-state index in [9.17, 15) is 22.8 Å². The van der Waals surface area contributed by atoms with Crippen LogP contribution in [-0.2, 0) is 9.59 Å². The van der Waals surface area contributed by atoms with Gasteiger partial charge in [-0.25, -0.2) is 0 Å². The fraction of sp³-hybridized carbons (Fsp3) is 0.840. The molecule has 0 bridgehead atoms. The first-order valence-corrected chi connectivity index (χ1v) is 13.2. The molecule has 0 saturated heterocycles. The summed E-state index contributed by atoms with van der Waals surface area (Å²) in [6.45, 7) is 9.27. The average molecular weight is 472 g/mol. The first-order valence-electron chi connectivity index (χ1n) is 12.1. The lowest BCUT2D eigenvalue weighted by molar-refractivity contribution is -0.173. The molecule has 4 fully saturated rings. The SMILES string of the molecule is C=C1CC2C3CCC(=O)[C@@]3(C)CCC2[C@@]2(C)CC[C@@H](SCCCNC(=O)C(F)(F)F)C[C@H]12. The second-order valence-electron chi connectivity index (χ2n) is 11.1. The summed E-state index contributed by atoms with van der Waals surface area (Å²) < 4.78 is 36.8. The molecule has 0 aromatic carbocycles. The lowest BCUT2D eigenvalue weighted by Crippen LogP contribution is -2.54. The summed E-state index contributed by atoms with van der Waals surface area (Å²) in [7, 11) is 0. The van der Waals surface area contributed by atoms with E-state index in [1.54, 1.807) is 0 Å². The Hall–Kier alpha value is -0.980. The Labute approximate surface area is 193 Å². The van der Waals surface area contributed by atoms with Gasteiger partial charge in [-0.15, -0.1) is 0 Å². The van der Waals surface area contributed by atoms with Gasteiger partial charge in [0, 0.05) is 23.6 Å². The standard InChI is InChI=1S/C25H36F3NO2S/c1-15-13-17-18-5-6-21(30)24(18,3)10-8-19(17)23(2)9-7-16(14-20(15)23)32-12-4-11-29-22(31)25(26,27)28/h16-20H,1,4-14H2,2-3H3,(H,29,31)/t16-,17?,18?,19?,20-,23-,24+/m1/s1. The number of nitrogens with one attached hydrogen (secondary N) is 1. The summed E-state index contributed by atoms with van der Waals surface area (Å²) in [6, 6.07) is 0. The molecule has 1 amide bonds. The molecule has 3 nitrogen and oxygen atoms in total. The number of carbonyl (C=O) groups excluding carboxylic acids is 2. The van der Waals surface area contributed by atoms with Crippen molar-refractivity contribution < 1.29 is 22.8 Å². The summed E-state index contributed by atoms with van der Waals surface area (Å²) >= 11 is 1.84. The number of ketones is 1. The van der Waals surface area contributed by atoms with Gasteiger partial charge in [0.15, 0.2) is 0 Å². The van der Waals surface area contributed by atoms with Gasteiger partial charge < -0.3 is 5.32 Å². The molecule has 0 aliphatic heterocycles. The molecule has 4 saturated carbocycles. The van der Waals surface area contributed by atoms with E-state index in [1.807, 2.05) is 17.1 Å². The Morgan fingerprint density at radius 1 is 1.19 bits per heavy atom. The number of fused-ring (bicyclic) bond motifs is 5. The molecule has 0 spiro atoms. The first kappa shape index (κ1) is 24.2. The monoisotopic (exact) mass is 471 g/mol. The molecule has 0 radical (unpaired) electrons. The Kier molecular flexibility index (Phi) is 6.54. The van der Waals surface area contributed by atoms with Crippen LogP contribution in [0.3, 0.4) is 0 Å². The van der Waals surface area contributed by atoms with Gasteiger partial charge in [0.2, 0.25) is 0 Å². The van der Waals surface area contributed by atoms with E-state index in [4.69, 9.17) is 0 Å². The van der Waals surface area contributed by atoms with Gasteiger partial charge in [0.1, 0.15) is 5.78 Å². The zero-order chi connectivity index (χ0) is 23.3. The largest absolute Gasteiger partial charge is 0.471 e. The van der Waals surface area contributed by atoms with Gasteiger partial charge in [0.05, 0.1) is 0 Å². The molecule has 0 aromatic heterocycles. The third kappa shape index (κ3) is 4.16. The maximum Gasteiger partial charge on any atom is 0.471 e. The molecular weight excluding hydrogens is 435 g/mol. The predicted molar refractivity (Wildman–Crippen MR) is 121 cm³/mol. The molecule has 0 aromatic rings. The van der Waals surface area contributed by atoms with Crippen molar-refractivity contribution in [3.05, 3.63) is 12.2 Å². The van der Waals surface area contributed by atoms with Crippen molar-refractivity contribution in [3.8, 4) is 0 Å². The number of alkyl halides is 3. The number of allylic oxidation sites excluding steroid dienone is 1. The van der Waals surface area contributed by atoms with Crippen LogP contribution in [0.25, 0.3) is 0 Å². The Balaban J connectivity index is 1.32. The van der Waals surface area contributed by atoms with Gasteiger partial charge in [-0.2, -0.15) is 24.9 Å². The van der Waals surface area contributed by atoms with Crippen molar-refractivity contribution in [1.82, 2.24) is 5.32 Å². The Morgan fingerprint density at radius 2 is 1.94 bits per heavy atom. The number of rotatable bonds is 5. The number of halogens is 3. The van der Waals surface area contributed by atoms with Crippen molar-refractivity contribution in [1.29, 1.82) is 0 Å². The van der Waals surface area contributed by atoms with Crippen molar-refractivity contribution >= 4 is 23.5 Å². The van der Waals surface area contributed by atoms with E-state index < -0.39 is 12.1 Å². The smallest absolute Gasteiger partial charge is 0.348 e. The number of carbonyl (C=O) groups is 2. The van der Waals surface area contributed by atoms with Gasteiger partial charge in [-0.1, -0.05) is 26.0 Å². The highest BCUT2D eigenvalue weighted by atomic mass is 32.2. The topological polar surface area (TPSA) is 46.2 Å². The summed E-state index contributed by atoms with van der Waals surface area (Å²) in [5.41, 5.74) is 1.50. The van der Waals surface area contributed by atoms with Crippen LogP contribution in [0.15, 0.2) is 12.2 Å². The molecule has 32 heavy (non-hydrogen) atoms. The van der Waals surface area contributed by atoms with Crippen molar-refractivity contribution in [2.75, 3.05) is 12.3 Å². The van der Waals surface area contributed by atoms with Crippen molar-refractivity contribution in [2.24, 2.45) is 34.5 Å². The average Bonchev–Trinajstić information content (AvgIpc) is 3.02. The van der Waals surface area contributed by atoms with E-state index in [0.29, 0.717) is 41.1 Å². The molecule has 7 heteroatoms. The second kappa shape index (κ2) is 8.66. The quantitative estimate of drug-likeness (QED) is 0.399. The predicted octanol–water partition coefficient (Wildman–Crippen LogP) is 5.93. The molecule has 1 N–H and O–H groups in total. The molecule has 4 aliphatic carbocycles. The first-order chi connectivity index (χ1) is 15.0. The van der Waals surface area contributed by atoms with Crippen LogP contribution < -0.4 is 5.32 Å². The van der Waals surface area contributed by atoms with E-state index >= 15 is 0 Å². The van der Waals surface area contributed by atoms with Gasteiger partial charge in [-0.3, -0.25) is 9.59 Å². The molecular formula is C25H36F3NO2S. The van der Waals surface area contributed by atoms with Gasteiger partial charge in [0.25, 0.3) is 0 Å². The van der Waals surface area contributed by atoms with Gasteiger partial charge in [-0.05, 0) is 86.2 Å². The maximum absolute atomic E-state index is 12.6. The molecule has 0 heterocycles. The number of Topliss-reactive ketones (excluding diaryl/α,β-unsaturated/α-hetero) is 1. The van der Waals surface area contributed by atoms with Crippen molar-refractivity contribution in [3.63, 3.8) is 0 Å². The van der Waals surface area contributed by atoms with E-state index in [-0.39, 0.29) is 17.4 Å². The highest BCUT2D eigenvalue weighted by molar-refractivity contribution is 7.99. The molecule has 3 unspecified atom stereocenters. The molecule has 180 valence electrons. The van der Waals surface area contributed by atoms with E-state index in [0.717, 1.165) is 57.1 Å². The fourth-order valence-corrected chi connectivity index (χ4v) is 9.01. The minimum Gasteiger partial charge on any atom is -0.348 e. The third-order valence-electron chi connectivity index (χ3n) is 9.50. The van der Waals surface area contributed by atoms with Crippen LogP contribution >= 0.6 is 11.8 Å². The minimum atomic E-state index is -4.80. The number of hydrogen-bond acceptors (Lipinski definition) is 3. The van der Waals surface area contributed by atoms with E-state index in [2.05, 4.69) is 20.4 Å². The van der Waals surface area contributed by atoms with Crippen LogP contribution in [-0.4, -0.2) is 35.4 Å². The van der Waals surface area contributed by atoms with Crippen LogP contribution in [0.1, 0.15) is 71.6 Å². The number of thioether (sulfide) groups is 1. The molecule has 7 atom stereocenters. The molecule has 4 aliphatic rings. The van der Waals surface area contributed by atoms with Crippen LogP contribution in [0, 0.1) is 34.5 Å². The zero-order valence-electron chi connectivity index (χ0n) is 19.2. The minimum absolute atomic E-state index is 0.0640. The lowest BCUT2D eigenvalue weighted by Gasteiger charge is -2.61. The lowest BCUT2D eigenvalue weighted by atomic mass is 9.44. The van der Waals surface area contributed by atoms with Crippen LogP contribution in [0.5, 0.6) is 0 Å². The second-order valence-corrected chi connectivity index (χ2v) is 12.5. The zero-order valence-corrected chi connectivity index (χ0v) is 20.0. The van der Waals surface area contributed by atoms with Crippen molar-refractivity contribution in [2.45, 2.75) is 83.1 Å². The maximum atomic E-state index is 12.6.